The predicted octanol–water partition coefficient (Wildman–Crippen LogP) is 4.78. The SMILES string of the molecule is O=C(c1ccc2nccnc2c1)C1CC2CCCC(C1)N2C(=O)OCc1ccccc1. The first-order valence-corrected chi connectivity index (χ1v) is 10.9. The summed E-state index contributed by atoms with van der Waals surface area (Å²) in [4.78, 5) is 36.7. The van der Waals surface area contributed by atoms with Gasteiger partial charge < -0.3 is 9.64 Å². The Labute approximate surface area is 181 Å². The smallest absolute Gasteiger partial charge is 0.410 e. The van der Waals surface area contributed by atoms with Crippen molar-refractivity contribution in [3.8, 4) is 0 Å². The van der Waals surface area contributed by atoms with Gasteiger partial charge in [0.2, 0.25) is 0 Å². The zero-order valence-corrected chi connectivity index (χ0v) is 17.3. The Kier molecular flexibility index (Phi) is 5.37. The number of fused-ring (bicyclic) bond motifs is 3. The molecule has 2 unspecified atom stereocenters. The van der Waals surface area contributed by atoms with E-state index < -0.39 is 0 Å². The molecule has 0 saturated carbocycles. The highest BCUT2D eigenvalue weighted by molar-refractivity contribution is 6.00. The first-order chi connectivity index (χ1) is 15.2. The molecule has 2 saturated heterocycles. The molecule has 2 aromatic carbocycles. The number of benzene rings is 2. The molecule has 6 nitrogen and oxygen atoms in total. The molecule has 2 bridgehead atoms. The van der Waals surface area contributed by atoms with Gasteiger partial charge in [0.05, 0.1) is 11.0 Å². The van der Waals surface area contributed by atoms with E-state index >= 15 is 0 Å². The number of rotatable bonds is 4. The van der Waals surface area contributed by atoms with E-state index in [0.29, 0.717) is 18.4 Å². The molecule has 6 heteroatoms. The molecule has 158 valence electrons. The van der Waals surface area contributed by atoms with Crippen molar-refractivity contribution in [2.24, 2.45) is 5.92 Å². The largest absolute Gasteiger partial charge is 0.445 e. The van der Waals surface area contributed by atoms with Crippen molar-refractivity contribution >= 4 is 22.9 Å². The van der Waals surface area contributed by atoms with Crippen LogP contribution in [0.1, 0.15) is 48.0 Å². The summed E-state index contributed by atoms with van der Waals surface area (Å²) >= 11 is 0. The fraction of sp³-hybridized carbons (Fsp3) is 0.360. The highest BCUT2D eigenvalue weighted by atomic mass is 16.6. The second-order valence-corrected chi connectivity index (χ2v) is 8.48. The van der Waals surface area contributed by atoms with Gasteiger partial charge in [-0.2, -0.15) is 0 Å². The van der Waals surface area contributed by atoms with E-state index in [4.69, 9.17) is 4.74 Å². The van der Waals surface area contributed by atoms with Gasteiger partial charge in [0, 0.05) is 36.0 Å². The Hall–Kier alpha value is -3.28. The summed E-state index contributed by atoms with van der Waals surface area (Å²) in [5, 5.41) is 0. The van der Waals surface area contributed by atoms with E-state index in [2.05, 4.69) is 9.97 Å². The van der Waals surface area contributed by atoms with Crippen molar-refractivity contribution < 1.29 is 14.3 Å². The first kappa shape index (κ1) is 19.7. The molecule has 1 amide bonds. The van der Waals surface area contributed by atoms with Crippen LogP contribution in [0.5, 0.6) is 0 Å². The molecular weight excluding hydrogens is 390 g/mol. The molecule has 0 spiro atoms. The average Bonchev–Trinajstić information content (AvgIpc) is 2.81. The standard InChI is InChI=1S/C25H25N3O3/c29-24(18-9-10-22-23(15-18)27-12-11-26-22)19-13-20-7-4-8-21(14-19)28(20)25(30)31-16-17-5-2-1-3-6-17/h1-3,5-6,9-12,15,19-21H,4,7-8,13-14,16H2. The summed E-state index contributed by atoms with van der Waals surface area (Å²) in [6.45, 7) is 0.274. The van der Waals surface area contributed by atoms with Gasteiger partial charge in [-0.3, -0.25) is 14.8 Å². The molecule has 5 rings (SSSR count). The lowest BCUT2D eigenvalue weighted by atomic mass is 9.76. The van der Waals surface area contributed by atoms with Gasteiger partial charge in [0.15, 0.2) is 5.78 Å². The van der Waals surface area contributed by atoms with Gasteiger partial charge in [0.25, 0.3) is 0 Å². The maximum absolute atomic E-state index is 13.3. The van der Waals surface area contributed by atoms with Crippen LogP contribution >= 0.6 is 0 Å². The normalized spacial score (nSPS) is 22.8. The third kappa shape index (κ3) is 4.02. The maximum atomic E-state index is 13.3. The van der Waals surface area contributed by atoms with Crippen LogP contribution in [0.3, 0.4) is 0 Å². The highest BCUT2D eigenvalue weighted by Gasteiger charge is 2.43. The monoisotopic (exact) mass is 415 g/mol. The van der Waals surface area contributed by atoms with Crippen LogP contribution in [0.25, 0.3) is 11.0 Å². The lowest BCUT2D eigenvalue weighted by Gasteiger charge is -2.47. The Bertz CT molecular complexity index is 1090. The first-order valence-electron chi connectivity index (χ1n) is 10.9. The fourth-order valence-corrected chi connectivity index (χ4v) is 5.04. The molecule has 2 aliphatic heterocycles. The average molecular weight is 415 g/mol. The molecule has 2 aliphatic rings. The van der Waals surface area contributed by atoms with Crippen LogP contribution in [0.4, 0.5) is 4.79 Å². The summed E-state index contributed by atoms with van der Waals surface area (Å²) in [6.07, 6.45) is 7.34. The lowest BCUT2D eigenvalue weighted by molar-refractivity contribution is 0.00473. The maximum Gasteiger partial charge on any atom is 0.410 e. The number of amides is 1. The number of ketones is 1. The second-order valence-electron chi connectivity index (χ2n) is 8.48. The van der Waals surface area contributed by atoms with Crippen molar-refractivity contribution in [1.82, 2.24) is 14.9 Å². The van der Waals surface area contributed by atoms with Gasteiger partial charge in [-0.25, -0.2) is 4.79 Å². The molecule has 2 fully saturated rings. The molecule has 1 aromatic heterocycles. The fourth-order valence-electron chi connectivity index (χ4n) is 5.04. The number of hydrogen-bond acceptors (Lipinski definition) is 5. The van der Waals surface area contributed by atoms with Crippen LogP contribution in [0, 0.1) is 5.92 Å². The van der Waals surface area contributed by atoms with Crippen LogP contribution in [0.2, 0.25) is 0 Å². The number of ether oxygens (including phenoxy) is 1. The minimum atomic E-state index is -0.259. The number of Topliss-reactive ketones (excluding diaryl/α,β-unsaturated/α-hetero) is 1. The Morgan fingerprint density at radius 2 is 1.65 bits per heavy atom. The van der Waals surface area contributed by atoms with Gasteiger partial charge in [0.1, 0.15) is 6.61 Å². The van der Waals surface area contributed by atoms with E-state index in [1.54, 1.807) is 12.4 Å². The predicted molar refractivity (Wildman–Crippen MR) is 116 cm³/mol. The molecular formula is C25H25N3O3. The van der Waals surface area contributed by atoms with Crippen molar-refractivity contribution in [2.45, 2.75) is 50.8 Å². The second kappa shape index (κ2) is 8.46. The van der Waals surface area contributed by atoms with Crippen LogP contribution < -0.4 is 0 Å². The van der Waals surface area contributed by atoms with Crippen LogP contribution in [0.15, 0.2) is 60.9 Å². The summed E-state index contributed by atoms with van der Waals surface area (Å²) in [5.74, 6) is 0.0596. The quantitative estimate of drug-likeness (QED) is 0.573. The number of carbonyl (C=O) groups excluding carboxylic acids is 2. The van der Waals surface area contributed by atoms with Crippen LogP contribution in [-0.2, 0) is 11.3 Å². The van der Waals surface area contributed by atoms with E-state index in [9.17, 15) is 9.59 Å². The van der Waals surface area contributed by atoms with E-state index in [1.165, 1.54) is 0 Å². The van der Waals surface area contributed by atoms with E-state index in [-0.39, 0.29) is 36.5 Å². The minimum absolute atomic E-state index is 0.0602. The van der Waals surface area contributed by atoms with Crippen molar-refractivity contribution in [2.75, 3.05) is 0 Å². The zero-order chi connectivity index (χ0) is 21.2. The van der Waals surface area contributed by atoms with E-state index in [0.717, 1.165) is 35.9 Å². The van der Waals surface area contributed by atoms with Crippen molar-refractivity contribution in [1.29, 1.82) is 0 Å². The Morgan fingerprint density at radius 3 is 2.39 bits per heavy atom. The highest BCUT2D eigenvalue weighted by Crippen LogP contribution is 2.39. The third-order valence-electron chi connectivity index (χ3n) is 6.52. The molecule has 3 aromatic rings. The summed E-state index contributed by atoms with van der Waals surface area (Å²) in [6, 6.07) is 15.4. The number of hydrogen-bond donors (Lipinski definition) is 0. The lowest BCUT2D eigenvalue weighted by Crippen LogP contribution is -2.55. The molecule has 2 atom stereocenters. The summed E-state index contributed by atoms with van der Waals surface area (Å²) in [5.41, 5.74) is 3.17. The van der Waals surface area contributed by atoms with Crippen molar-refractivity contribution in [3.63, 3.8) is 0 Å². The number of carbonyl (C=O) groups is 2. The Morgan fingerprint density at radius 1 is 0.935 bits per heavy atom. The van der Waals surface area contributed by atoms with Gasteiger partial charge in [-0.05, 0) is 55.9 Å². The molecule has 0 aliphatic carbocycles. The topological polar surface area (TPSA) is 72.4 Å². The van der Waals surface area contributed by atoms with Gasteiger partial charge in [-0.1, -0.05) is 30.3 Å². The molecule has 3 heterocycles. The van der Waals surface area contributed by atoms with Crippen molar-refractivity contribution in [3.05, 3.63) is 72.1 Å². The summed E-state index contributed by atoms with van der Waals surface area (Å²) in [7, 11) is 0. The third-order valence-corrected chi connectivity index (χ3v) is 6.52. The number of aromatic nitrogens is 2. The molecule has 0 N–H and O–H groups in total. The zero-order valence-electron chi connectivity index (χ0n) is 17.3. The summed E-state index contributed by atoms with van der Waals surface area (Å²) < 4.78 is 5.62. The van der Waals surface area contributed by atoms with Gasteiger partial charge >= 0.3 is 6.09 Å². The minimum Gasteiger partial charge on any atom is -0.445 e. The number of piperidine rings is 2. The Balaban J connectivity index is 1.29. The van der Waals surface area contributed by atoms with Gasteiger partial charge in [-0.15, -0.1) is 0 Å². The number of nitrogens with zero attached hydrogens (tertiary/aromatic N) is 3. The van der Waals surface area contributed by atoms with E-state index in [1.807, 2.05) is 53.4 Å². The molecule has 0 radical (unpaired) electrons. The molecule has 31 heavy (non-hydrogen) atoms. The van der Waals surface area contributed by atoms with Crippen LogP contribution in [-0.4, -0.2) is 38.8 Å².